The molecule has 0 aromatic carbocycles. The van der Waals surface area contributed by atoms with E-state index in [1.807, 2.05) is 0 Å². The largest absolute Gasteiger partial charge is 0.503 e. The fourth-order valence-corrected chi connectivity index (χ4v) is 6.34. The van der Waals surface area contributed by atoms with Gasteiger partial charge in [-0.2, -0.15) is 0 Å². The van der Waals surface area contributed by atoms with Crippen LogP contribution < -0.4 is 0 Å². The monoisotopic (exact) mass is 258 g/mol. The van der Waals surface area contributed by atoms with Gasteiger partial charge in [-0.05, 0) is 25.7 Å². The average molecular weight is 258 g/mol. The Balaban J connectivity index is 2.00. The van der Waals surface area contributed by atoms with Crippen molar-refractivity contribution in [3.05, 3.63) is 0 Å². The molecule has 0 bridgehead atoms. The van der Waals surface area contributed by atoms with Crippen molar-refractivity contribution in [3.8, 4) is 0 Å². The van der Waals surface area contributed by atoms with Crippen LogP contribution >= 0.6 is 0 Å². The van der Waals surface area contributed by atoms with Gasteiger partial charge in [0.1, 0.15) is 0 Å². The molecule has 100 valence electrons. The molecule has 2 saturated carbocycles. The molecule has 2 aliphatic carbocycles. The van der Waals surface area contributed by atoms with Crippen LogP contribution in [0.4, 0.5) is 0 Å². The van der Waals surface area contributed by atoms with Crippen molar-refractivity contribution in [2.24, 2.45) is 0 Å². The van der Waals surface area contributed by atoms with Crippen LogP contribution in [0.15, 0.2) is 0 Å². The molecule has 0 atom stereocenters. The zero-order valence-electron chi connectivity index (χ0n) is 11.2. The Kier molecular flexibility index (Phi) is 5.03. The van der Waals surface area contributed by atoms with E-state index in [-0.39, 0.29) is 0 Å². The van der Waals surface area contributed by atoms with E-state index in [2.05, 4.69) is 0 Å². The van der Waals surface area contributed by atoms with Crippen molar-refractivity contribution < 1.29 is 13.3 Å². The highest BCUT2D eigenvalue weighted by Gasteiger charge is 2.49. The van der Waals surface area contributed by atoms with E-state index in [4.69, 9.17) is 13.3 Å². The number of hydrogen-bond donors (Lipinski definition) is 0. The third-order valence-corrected chi connectivity index (χ3v) is 7.68. The second-order valence-corrected chi connectivity index (χ2v) is 8.45. The summed E-state index contributed by atoms with van der Waals surface area (Å²) in [6, 6.07) is 0. The molecule has 0 radical (unpaired) electrons. The van der Waals surface area contributed by atoms with Gasteiger partial charge in [0.2, 0.25) is 0 Å². The van der Waals surface area contributed by atoms with Crippen molar-refractivity contribution in [3.63, 3.8) is 0 Å². The van der Waals surface area contributed by atoms with Crippen molar-refractivity contribution in [1.82, 2.24) is 0 Å². The van der Waals surface area contributed by atoms with Crippen LogP contribution in [-0.4, -0.2) is 29.1 Å². The van der Waals surface area contributed by atoms with Gasteiger partial charge in [0.05, 0.1) is 0 Å². The molecular formula is C13H26O3Si. The Hall–Kier alpha value is 0.0969. The molecule has 3 nitrogen and oxygen atoms in total. The molecule has 2 aliphatic rings. The summed E-state index contributed by atoms with van der Waals surface area (Å²) in [6.07, 6.45) is 11.8. The third kappa shape index (κ3) is 3.11. The van der Waals surface area contributed by atoms with Gasteiger partial charge in [-0.25, -0.2) is 0 Å². The third-order valence-electron chi connectivity index (χ3n) is 4.31. The van der Waals surface area contributed by atoms with Gasteiger partial charge in [-0.1, -0.05) is 32.1 Å². The summed E-state index contributed by atoms with van der Waals surface area (Å²) >= 11 is 0. The first-order chi connectivity index (χ1) is 8.30. The normalized spacial score (nSPS) is 24.4. The first-order valence-electron chi connectivity index (χ1n) is 7.09. The van der Waals surface area contributed by atoms with Gasteiger partial charge in [0.25, 0.3) is 0 Å². The quantitative estimate of drug-likeness (QED) is 0.706. The molecule has 2 fully saturated rings. The van der Waals surface area contributed by atoms with Gasteiger partial charge in [0, 0.05) is 25.9 Å². The molecule has 0 saturated heterocycles. The molecule has 0 spiro atoms. The minimum atomic E-state index is -2.41. The SMILES string of the molecule is CO[Si](OC)(OC1CCCC1)C1CCCCC1. The lowest BCUT2D eigenvalue weighted by Gasteiger charge is -2.37. The minimum absolute atomic E-state index is 0.392. The van der Waals surface area contributed by atoms with E-state index in [1.165, 1.54) is 57.8 Å². The Morgan fingerprint density at radius 2 is 1.29 bits per heavy atom. The van der Waals surface area contributed by atoms with E-state index >= 15 is 0 Å². The summed E-state index contributed by atoms with van der Waals surface area (Å²) in [5.41, 5.74) is 0.534. The van der Waals surface area contributed by atoms with Crippen LogP contribution in [0.25, 0.3) is 0 Å². The van der Waals surface area contributed by atoms with Crippen LogP contribution in [-0.2, 0) is 13.3 Å². The topological polar surface area (TPSA) is 27.7 Å². The lowest BCUT2D eigenvalue weighted by Crippen LogP contribution is -2.51. The standard InChI is InChI=1S/C13H26O3Si/c1-14-17(15-2,13-10-4-3-5-11-13)16-12-8-6-7-9-12/h12-13H,3-11H2,1-2H3. The highest BCUT2D eigenvalue weighted by atomic mass is 28.4. The first-order valence-corrected chi connectivity index (χ1v) is 8.89. The molecule has 0 amide bonds. The zero-order chi connectivity index (χ0) is 12.1. The number of hydrogen-bond acceptors (Lipinski definition) is 3. The first kappa shape index (κ1) is 13.5. The zero-order valence-corrected chi connectivity index (χ0v) is 12.2. The lowest BCUT2D eigenvalue weighted by atomic mass is 10.0. The van der Waals surface area contributed by atoms with Gasteiger partial charge in [0.15, 0.2) is 0 Å². The van der Waals surface area contributed by atoms with Crippen LogP contribution in [0.1, 0.15) is 57.8 Å². The van der Waals surface area contributed by atoms with E-state index < -0.39 is 8.80 Å². The van der Waals surface area contributed by atoms with E-state index in [9.17, 15) is 0 Å². The molecule has 0 aromatic heterocycles. The maximum absolute atomic E-state index is 6.33. The van der Waals surface area contributed by atoms with Crippen molar-refractivity contribution in [2.45, 2.75) is 69.4 Å². The molecule has 17 heavy (non-hydrogen) atoms. The van der Waals surface area contributed by atoms with Gasteiger partial charge >= 0.3 is 8.80 Å². The van der Waals surface area contributed by atoms with E-state index in [1.54, 1.807) is 14.2 Å². The Bertz CT molecular complexity index is 219. The van der Waals surface area contributed by atoms with Crippen molar-refractivity contribution in [1.29, 1.82) is 0 Å². The molecular weight excluding hydrogens is 232 g/mol. The molecule has 4 heteroatoms. The second-order valence-electron chi connectivity index (χ2n) is 5.37. The summed E-state index contributed by atoms with van der Waals surface area (Å²) in [5, 5.41) is 0. The Morgan fingerprint density at radius 1 is 0.765 bits per heavy atom. The molecule has 2 rings (SSSR count). The molecule has 0 N–H and O–H groups in total. The van der Waals surface area contributed by atoms with Crippen LogP contribution in [0, 0.1) is 0 Å². The summed E-state index contributed by atoms with van der Waals surface area (Å²) < 4.78 is 17.9. The second kappa shape index (κ2) is 6.32. The Morgan fingerprint density at radius 3 is 1.82 bits per heavy atom. The summed E-state index contributed by atoms with van der Waals surface area (Å²) in [4.78, 5) is 0. The fraction of sp³-hybridized carbons (Fsp3) is 1.00. The van der Waals surface area contributed by atoms with Crippen molar-refractivity contribution in [2.75, 3.05) is 14.2 Å². The predicted molar refractivity (Wildman–Crippen MR) is 69.9 cm³/mol. The van der Waals surface area contributed by atoms with Crippen LogP contribution in [0.5, 0.6) is 0 Å². The van der Waals surface area contributed by atoms with Crippen LogP contribution in [0.3, 0.4) is 0 Å². The summed E-state index contributed by atoms with van der Waals surface area (Å²) in [6.45, 7) is 0. The van der Waals surface area contributed by atoms with E-state index in [0.29, 0.717) is 11.6 Å². The maximum Gasteiger partial charge on any atom is 0.503 e. The molecule has 0 aliphatic heterocycles. The van der Waals surface area contributed by atoms with Crippen LogP contribution in [0.2, 0.25) is 5.54 Å². The van der Waals surface area contributed by atoms with Gasteiger partial charge in [-0.3, -0.25) is 0 Å². The Labute approximate surface area is 106 Å². The average Bonchev–Trinajstić information content (AvgIpc) is 2.90. The smallest absolute Gasteiger partial charge is 0.377 e. The molecule has 0 unspecified atom stereocenters. The lowest BCUT2D eigenvalue weighted by molar-refractivity contribution is 0.0445. The van der Waals surface area contributed by atoms with Gasteiger partial charge < -0.3 is 13.3 Å². The highest BCUT2D eigenvalue weighted by molar-refractivity contribution is 6.62. The molecule has 0 heterocycles. The van der Waals surface area contributed by atoms with Crippen molar-refractivity contribution >= 4 is 8.80 Å². The van der Waals surface area contributed by atoms with E-state index in [0.717, 1.165) is 0 Å². The minimum Gasteiger partial charge on any atom is -0.377 e. The summed E-state index contributed by atoms with van der Waals surface area (Å²) in [7, 11) is 1.15. The molecule has 0 aromatic rings. The number of rotatable bonds is 5. The predicted octanol–water partition coefficient (Wildman–Crippen LogP) is 3.51. The maximum atomic E-state index is 6.33. The summed E-state index contributed by atoms with van der Waals surface area (Å²) in [5.74, 6) is 0. The van der Waals surface area contributed by atoms with Gasteiger partial charge in [-0.15, -0.1) is 0 Å². The highest BCUT2D eigenvalue weighted by Crippen LogP contribution is 2.40. The fourth-order valence-electron chi connectivity index (χ4n) is 3.30.